The van der Waals surface area contributed by atoms with Gasteiger partial charge in [0.25, 0.3) is 5.56 Å². The number of benzene rings is 1. The van der Waals surface area contributed by atoms with Crippen LogP contribution in [0, 0.1) is 6.92 Å². The van der Waals surface area contributed by atoms with Crippen molar-refractivity contribution in [2.75, 3.05) is 0 Å². The molecule has 0 fully saturated rings. The molecule has 0 bridgehead atoms. The molecule has 0 aliphatic heterocycles. The zero-order valence-electron chi connectivity index (χ0n) is 12.3. The van der Waals surface area contributed by atoms with E-state index < -0.39 is 0 Å². The van der Waals surface area contributed by atoms with Gasteiger partial charge < -0.3 is 4.42 Å². The summed E-state index contributed by atoms with van der Waals surface area (Å²) >= 11 is 7.34. The number of aromatic nitrogens is 4. The van der Waals surface area contributed by atoms with E-state index in [1.54, 1.807) is 35.8 Å². The predicted octanol–water partition coefficient (Wildman–Crippen LogP) is 3.22. The zero-order valence-corrected chi connectivity index (χ0v) is 13.9. The average molecular weight is 349 g/mol. The van der Waals surface area contributed by atoms with E-state index in [-0.39, 0.29) is 5.56 Å². The van der Waals surface area contributed by atoms with Gasteiger partial charge in [0.15, 0.2) is 5.16 Å². The van der Waals surface area contributed by atoms with Gasteiger partial charge in [-0.05, 0) is 18.2 Å². The van der Waals surface area contributed by atoms with Gasteiger partial charge in [0, 0.05) is 18.5 Å². The fourth-order valence-electron chi connectivity index (χ4n) is 2.10. The second-order valence-corrected chi connectivity index (χ2v) is 6.14. The Hall–Kier alpha value is -2.12. The van der Waals surface area contributed by atoms with E-state index in [4.69, 9.17) is 16.0 Å². The lowest BCUT2D eigenvalue weighted by Crippen LogP contribution is -2.22. The molecule has 0 aliphatic carbocycles. The summed E-state index contributed by atoms with van der Waals surface area (Å²) in [5, 5.41) is 9.28. The van der Waals surface area contributed by atoms with Crippen molar-refractivity contribution in [3.8, 4) is 0 Å². The summed E-state index contributed by atoms with van der Waals surface area (Å²) in [6.07, 6.45) is 1.65. The normalized spacial score (nSPS) is 11.0. The summed E-state index contributed by atoms with van der Waals surface area (Å²) in [6.45, 7) is 5.78. The highest BCUT2D eigenvalue weighted by Gasteiger charge is 2.13. The molecule has 0 amide bonds. The van der Waals surface area contributed by atoms with Gasteiger partial charge >= 0.3 is 0 Å². The summed E-state index contributed by atoms with van der Waals surface area (Å²) in [6, 6.07) is 5.07. The van der Waals surface area contributed by atoms with Crippen LogP contribution < -0.4 is 5.56 Å². The third kappa shape index (κ3) is 3.30. The number of thioether (sulfide) groups is 1. The number of rotatable bonds is 5. The Balaban J connectivity index is 2.03. The van der Waals surface area contributed by atoms with E-state index in [1.807, 2.05) is 0 Å². The molecule has 2 heterocycles. The van der Waals surface area contributed by atoms with Crippen molar-refractivity contribution in [1.29, 1.82) is 0 Å². The lowest BCUT2D eigenvalue weighted by atomic mass is 10.2. The quantitative estimate of drug-likeness (QED) is 0.400. The van der Waals surface area contributed by atoms with E-state index >= 15 is 0 Å². The minimum Gasteiger partial charge on any atom is -0.425 e. The van der Waals surface area contributed by atoms with Crippen LogP contribution in [0.4, 0.5) is 0 Å². The van der Waals surface area contributed by atoms with E-state index in [9.17, 15) is 4.79 Å². The molecule has 0 saturated carbocycles. The van der Waals surface area contributed by atoms with Crippen molar-refractivity contribution in [2.45, 2.75) is 24.4 Å². The van der Waals surface area contributed by atoms with Gasteiger partial charge in [-0.15, -0.1) is 16.8 Å². The first-order valence-corrected chi connectivity index (χ1v) is 8.17. The van der Waals surface area contributed by atoms with Crippen LogP contribution in [0.2, 0.25) is 5.02 Å². The van der Waals surface area contributed by atoms with Gasteiger partial charge in [-0.25, -0.2) is 4.98 Å². The summed E-state index contributed by atoms with van der Waals surface area (Å²) in [5.74, 6) is 1.43. The standard InChI is InChI=1S/C15H13ClN4O2S/c1-3-6-20-14(21)11-7-10(16)4-5-12(11)17-15(20)23-8-13-19-18-9(2)22-13/h3-5,7H,1,6,8H2,2H3. The van der Waals surface area contributed by atoms with E-state index in [1.165, 1.54) is 11.8 Å². The molecular formula is C15H13ClN4O2S. The fraction of sp³-hybridized carbons (Fsp3) is 0.200. The summed E-state index contributed by atoms with van der Waals surface area (Å²) in [7, 11) is 0. The molecule has 6 nitrogen and oxygen atoms in total. The number of allylic oxidation sites excluding steroid dienone is 1. The maximum Gasteiger partial charge on any atom is 0.262 e. The van der Waals surface area contributed by atoms with E-state index in [0.717, 1.165) is 0 Å². The largest absolute Gasteiger partial charge is 0.425 e. The molecule has 0 spiro atoms. The van der Waals surface area contributed by atoms with Crippen molar-refractivity contribution in [3.63, 3.8) is 0 Å². The number of halogens is 1. The number of nitrogens with zero attached hydrogens (tertiary/aromatic N) is 4. The average Bonchev–Trinajstić information content (AvgIpc) is 2.95. The summed E-state index contributed by atoms with van der Waals surface area (Å²) in [4.78, 5) is 17.2. The van der Waals surface area contributed by atoms with Crippen LogP contribution >= 0.6 is 23.4 Å². The van der Waals surface area contributed by atoms with Gasteiger partial charge in [0.2, 0.25) is 11.8 Å². The van der Waals surface area contributed by atoms with Crippen molar-refractivity contribution in [2.24, 2.45) is 0 Å². The minimum absolute atomic E-state index is 0.151. The van der Waals surface area contributed by atoms with E-state index in [2.05, 4.69) is 21.8 Å². The first-order valence-electron chi connectivity index (χ1n) is 6.81. The summed E-state index contributed by atoms with van der Waals surface area (Å²) in [5.41, 5.74) is 0.450. The van der Waals surface area contributed by atoms with E-state index in [0.29, 0.717) is 45.2 Å². The van der Waals surface area contributed by atoms with Crippen LogP contribution in [0.25, 0.3) is 10.9 Å². The molecule has 3 rings (SSSR count). The Kier molecular flexibility index (Phi) is 4.49. The van der Waals surface area contributed by atoms with Gasteiger partial charge in [-0.1, -0.05) is 29.4 Å². The highest BCUT2D eigenvalue weighted by molar-refractivity contribution is 7.98. The number of fused-ring (bicyclic) bond motifs is 1. The van der Waals surface area contributed by atoms with Crippen LogP contribution in [0.5, 0.6) is 0 Å². The molecule has 3 aromatic rings. The Morgan fingerprint density at radius 2 is 2.26 bits per heavy atom. The zero-order chi connectivity index (χ0) is 16.4. The molecule has 118 valence electrons. The fourth-order valence-corrected chi connectivity index (χ4v) is 3.11. The van der Waals surface area contributed by atoms with Gasteiger partial charge in [-0.2, -0.15) is 0 Å². The number of hydrogen-bond acceptors (Lipinski definition) is 6. The van der Waals surface area contributed by atoms with Crippen LogP contribution in [0.1, 0.15) is 11.8 Å². The maximum absolute atomic E-state index is 12.7. The Morgan fingerprint density at radius 1 is 1.43 bits per heavy atom. The third-order valence-corrected chi connectivity index (χ3v) is 4.28. The highest BCUT2D eigenvalue weighted by Crippen LogP contribution is 2.23. The second kappa shape index (κ2) is 6.55. The molecule has 1 aromatic carbocycles. The first kappa shape index (κ1) is 15.8. The Morgan fingerprint density at radius 3 is 2.96 bits per heavy atom. The molecule has 23 heavy (non-hydrogen) atoms. The first-order chi connectivity index (χ1) is 11.1. The molecular weight excluding hydrogens is 336 g/mol. The molecule has 2 aromatic heterocycles. The predicted molar refractivity (Wildman–Crippen MR) is 89.8 cm³/mol. The van der Waals surface area contributed by atoms with Crippen molar-refractivity contribution >= 4 is 34.3 Å². The topological polar surface area (TPSA) is 73.8 Å². The van der Waals surface area contributed by atoms with Gasteiger partial charge in [0.1, 0.15) is 0 Å². The minimum atomic E-state index is -0.151. The van der Waals surface area contributed by atoms with Gasteiger partial charge in [-0.3, -0.25) is 9.36 Å². The smallest absolute Gasteiger partial charge is 0.262 e. The van der Waals surface area contributed by atoms with Crippen LogP contribution in [0.3, 0.4) is 0 Å². The number of hydrogen-bond donors (Lipinski definition) is 0. The number of aryl methyl sites for hydroxylation is 1. The summed E-state index contributed by atoms with van der Waals surface area (Å²) < 4.78 is 6.90. The van der Waals surface area contributed by atoms with Crippen molar-refractivity contribution in [3.05, 3.63) is 58.0 Å². The molecule has 0 radical (unpaired) electrons. The lowest BCUT2D eigenvalue weighted by molar-refractivity contribution is 0.485. The van der Waals surface area contributed by atoms with Crippen molar-refractivity contribution in [1.82, 2.24) is 19.7 Å². The SMILES string of the molecule is C=CCn1c(SCc2nnc(C)o2)nc2ccc(Cl)cc2c1=O. The third-order valence-electron chi connectivity index (χ3n) is 3.09. The van der Waals surface area contributed by atoms with Crippen LogP contribution in [-0.4, -0.2) is 19.7 Å². The second-order valence-electron chi connectivity index (χ2n) is 4.76. The highest BCUT2D eigenvalue weighted by atomic mass is 35.5. The Bertz CT molecular complexity index is 935. The lowest BCUT2D eigenvalue weighted by Gasteiger charge is -2.10. The molecule has 0 N–H and O–H groups in total. The molecule has 0 unspecified atom stereocenters. The monoisotopic (exact) mass is 348 g/mol. The Labute approximate surface area is 141 Å². The molecule has 0 saturated heterocycles. The molecule has 0 aliphatic rings. The van der Waals surface area contributed by atoms with Crippen molar-refractivity contribution < 1.29 is 4.42 Å². The van der Waals surface area contributed by atoms with Crippen LogP contribution in [0.15, 0.2) is 45.2 Å². The molecule has 0 atom stereocenters. The van der Waals surface area contributed by atoms with Gasteiger partial charge in [0.05, 0.1) is 16.7 Å². The maximum atomic E-state index is 12.7. The molecule has 8 heteroatoms. The van der Waals surface area contributed by atoms with Crippen LogP contribution in [-0.2, 0) is 12.3 Å².